The zero-order valence-electron chi connectivity index (χ0n) is 28.0. The van der Waals surface area contributed by atoms with Gasteiger partial charge in [0.1, 0.15) is 6.61 Å². The second-order valence-electron chi connectivity index (χ2n) is 12.4. The predicted molar refractivity (Wildman–Crippen MR) is 185 cm³/mol. The lowest BCUT2D eigenvalue weighted by Crippen LogP contribution is -2.34. The number of aliphatic hydroxyl groups is 1. The third-order valence-electron chi connectivity index (χ3n) is 7.84. The molecule has 48 heavy (non-hydrogen) atoms. The van der Waals surface area contributed by atoms with E-state index in [1.165, 1.54) is 12.1 Å². The van der Waals surface area contributed by atoms with Crippen LogP contribution >= 0.6 is 7.60 Å². The molecule has 3 aromatic rings. The van der Waals surface area contributed by atoms with Crippen molar-refractivity contribution in [1.29, 1.82) is 0 Å². The number of esters is 1. The lowest BCUT2D eigenvalue weighted by atomic mass is 9.86. The Kier molecular flexibility index (Phi) is 12.3. The quantitative estimate of drug-likeness (QED) is 0.0972. The lowest BCUT2D eigenvalue weighted by molar-refractivity contribution is -0.384. The van der Waals surface area contributed by atoms with Crippen molar-refractivity contribution in [2.24, 2.45) is 5.41 Å². The molecular weight excluding hydrogens is 633 g/mol. The minimum Gasteiger partial charge on any atom is -0.460 e. The van der Waals surface area contributed by atoms with Crippen molar-refractivity contribution in [1.82, 2.24) is 5.32 Å². The van der Waals surface area contributed by atoms with Crippen LogP contribution in [0.15, 0.2) is 107 Å². The van der Waals surface area contributed by atoms with Crippen molar-refractivity contribution in [2.75, 3.05) is 37.9 Å². The molecule has 0 radical (unpaired) electrons. The average Bonchev–Trinajstić information content (AvgIpc) is 3.06. The number of hydrogen-bond acceptors (Lipinski definition) is 10. The van der Waals surface area contributed by atoms with Gasteiger partial charge in [0, 0.05) is 47.8 Å². The molecule has 1 atom stereocenters. The van der Waals surface area contributed by atoms with E-state index in [1.54, 1.807) is 32.9 Å². The van der Waals surface area contributed by atoms with Crippen LogP contribution < -0.4 is 10.2 Å². The Morgan fingerprint density at radius 1 is 1.02 bits per heavy atom. The Bertz CT molecular complexity index is 1680. The van der Waals surface area contributed by atoms with Gasteiger partial charge in [0.2, 0.25) is 0 Å². The summed E-state index contributed by atoms with van der Waals surface area (Å²) in [6.45, 7) is 10.7. The third-order valence-corrected chi connectivity index (χ3v) is 9.96. The topological polar surface area (TPSA) is 140 Å². The molecular formula is C36H44N3O8P. The van der Waals surface area contributed by atoms with Crippen LogP contribution in [0.3, 0.4) is 0 Å². The van der Waals surface area contributed by atoms with Gasteiger partial charge in [-0.25, -0.2) is 4.79 Å². The molecule has 0 saturated carbocycles. The predicted octanol–water partition coefficient (Wildman–Crippen LogP) is 7.30. The number of dihydropyridines is 1. The first-order valence-electron chi connectivity index (χ1n) is 15.8. The number of carbonyl (C=O) groups excluding carboxylic acids is 1. The van der Waals surface area contributed by atoms with Gasteiger partial charge < -0.3 is 29.1 Å². The molecule has 2 aliphatic rings. The van der Waals surface area contributed by atoms with Crippen LogP contribution in [0.4, 0.5) is 11.4 Å². The molecule has 1 saturated heterocycles. The van der Waals surface area contributed by atoms with E-state index < -0.39 is 24.4 Å². The largest absolute Gasteiger partial charge is 0.460 e. The number of rotatable bonds is 10. The normalized spacial score (nSPS) is 18.2. The van der Waals surface area contributed by atoms with Crippen LogP contribution in [0, 0.1) is 15.5 Å². The molecule has 0 aromatic heterocycles. The van der Waals surface area contributed by atoms with E-state index >= 15 is 0 Å². The molecule has 11 nitrogen and oxygen atoms in total. The second-order valence-corrected chi connectivity index (χ2v) is 14.4. The Balaban J connectivity index is 0.00000167. The van der Waals surface area contributed by atoms with E-state index in [0.717, 1.165) is 11.3 Å². The Morgan fingerprint density at radius 3 is 2.23 bits per heavy atom. The molecule has 2 aliphatic heterocycles. The fourth-order valence-electron chi connectivity index (χ4n) is 5.57. The van der Waals surface area contributed by atoms with Crippen molar-refractivity contribution < 1.29 is 33.2 Å². The lowest BCUT2D eigenvalue weighted by Gasteiger charge is -2.39. The van der Waals surface area contributed by atoms with E-state index in [4.69, 9.17) is 18.9 Å². The number of nitrogens with one attached hydrogen (secondary N) is 1. The standard InChI is InChI=1S/C34H38N3O7P.C2H6O/c1-24-30(33(38)42-19-18-36(28-15-9-6-10-16-28)21-26-12-7-5-8-13-26)31(27-14-11-17-29(20-27)37(39)40)32(25(2)35-24)45(41)43-22-34(3,4)23-44-45;1-2-3/h5-17,20,31,35H,18-19,21-23H2,1-4H3;3H,2H2,1H3/t31-;/m0./s1. The number of nitrogens with zero attached hydrogens (tertiary/aromatic N) is 2. The molecule has 0 bridgehead atoms. The van der Waals surface area contributed by atoms with E-state index in [1.807, 2.05) is 74.5 Å². The fourth-order valence-corrected chi connectivity index (χ4v) is 8.02. The van der Waals surface area contributed by atoms with Gasteiger partial charge in [-0.15, -0.1) is 0 Å². The summed E-state index contributed by atoms with van der Waals surface area (Å²) >= 11 is 0. The number of nitro benzene ring substituents is 1. The molecule has 5 rings (SSSR count). The molecule has 1 fully saturated rings. The summed E-state index contributed by atoms with van der Waals surface area (Å²) < 4.78 is 32.1. The van der Waals surface area contributed by atoms with Crippen molar-refractivity contribution in [3.05, 3.63) is 128 Å². The molecule has 2 N–H and O–H groups in total. The first-order valence-corrected chi connectivity index (χ1v) is 17.4. The molecule has 12 heteroatoms. The number of benzene rings is 3. The first-order chi connectivity index (χ1) is 22.9. The molecule has 0 amide bonds. The molecule has 2 heterocycles. The Morgan fingerprint density at radius 2 is 1.62 bits per heavy atom. The summed E-state index contributed by atoms with van der Waals surface area (Å²) in [7, 11) is -3.91. The monoisotopic (exact) mass is 677 g/mol. The summed E-state index contributed by atoms with van der Waals surface area (Å²) in [5.41, 5.74) is 3.18. The minimum atomic E-state index is -3.91. The zero-order chi connectivity index (χ0) is 34.9. The van der Waals surface area contributed by atoms with Crippen LogP contribution in [-0.4, -0.2) is 49.0 Å². The second kappa shape index (κ2) is 16.2. The third kappa shape index (κ3) is 8.99. The van der Waals surface area contributed by atoms with Gasteiger partial charge in [-0.3, -0.25) is 14.7 Å². The molecule has 0 aliphatic carbocycles. The van der Waals surface area contributed by atoms with Crippen molar-refractivity contribution >= 4 is 24.9 Å². The average molecular weight is 678 g/mol. The smallest absolute Gasteiger partial charge is 0.360 e. The van der Waals surface area contributed by atoms with Crippen molar-refractivity contribution in [3.8, 4) is 0 Å². The van der Waals surface area contributed by atoms with Crippen LogP contribution in [0.5, 0.6) is 0 Å². The molecule has 0 unspecified atom stereocenters. The maximum atomic E-state index is 14.3. The summed E-state index contributed by atoms with van der Waals surface area (Å²) in [5, 5.41) is 22.7. The van der Waals surface area contributed by atoms with Gasteiger partial charge in [-0.05, 0) is 44.0 Å². The van der Waals surface area contributed by atoms with Crippen molar-refractivity contribution in [3.63, 3.8) is 0 Å². The molecule has 3 aromatic carbocycles. The van der Waals surface area contributed by atoms with E-state index in [0.29, 0.717) is 30.0 Å². The number of nitro groups is 1. The van der Waals surface area contributed by atoms with E-state index in [-0.39, 0.29) is 48.4 Å². The van der Waals surface area contributed by atoms with Gasteiger partial charge >= 0.3 is 13.6 Å². The number of para-hydroxylation sites is 1. The van der Waals surface area contributed by atoms with Gasteiger partial charge in [0.25, 0.3) is 5.69 Å². The maximum absolute atomic E-state index is 14.3. The van der Waals surface area contributed by atoms with Gasteiger partial charge in [-0.1, -0.05) is 74.5 Å². The van der Waals surface area contributed by atoms with E-state index in [2.05, 4.69) is 10.2 Å². The Hall–Kier alpha value is -4.28. The van der Waals surface area contributed by atoms with E-state index in [9.17, 15) is 19.5 Å². The highest BCUT2D eigenvalue weighted by atomic mass is 31.2. The number of aliphatic hydroxyl groups excluding tert-OH is 1. The summed E-state index contributed by atoms with van der Waals surface area (Å²) in [6, 6.07) is 25.9. The number of hydrogen-bond donors (Lipinski definition) is 2. The van der Waals surface area contributed by atoms with Crippen LogP contribution in [0.25, 0.3) is 0 Å². The maximum Gasteiger partial charge on any atom is 0.360 e. The van der Waals surface area contributed by atoms with Gasteiger partial charge in [0.15, 0.2) is 0 Å². The number of allylic oxidation sites excluding steroid dienone is 3. The molecule has 0 spiro atoms. The highest BCUT2D eigenvalue weighted by Crippen LogP contribution is 2.66. The molecule has 256 valence electrons. The highest BCUT2D eigenvalue weighted by Gasteiger charge is 2.48. The summed E-state index contributed by atoms with van der Waals surface area (Å²) in [6.07, 6.45) is 0. The van der Waals surface area contributed by atoms with Crippen LogP contribution in [0.2, 0.25) is 0 Å². The minimum absolute atomic E-state index is 0.0654. The number of anilines is 1. The number of ether oxygens (including phenoxy) is 1. The van der Waals surface area contributed by atoms with Gasteiger partial charge in [-0.2, -0.15) is 0 Å². The summed E-state index contributed by atoms with van der Waals surface area (Å²) in [4.78, 5) is 27.3. The first kappa shape index (κ1) is 36.6. The van der Waals surface area contributed by atoms with Crippen LogP contribution in [-0.2, 0) is 29.7 Å². The van der Waals surface area contributed by atoms with Crippen molar-refractivity contribution in [2.45, 2.75) is 47.1 Å². The summed E-state index contributed by atoms with van der Waals surface area (Å²) in [5.74, 6) is -1.58. The SMILES string of the molecule is CC1=C(C(=O)OCCN(Cc2ccccc2)c2ccccc2)[C@H](c2cccc([N+](=O)[O-])c2)C(P2(=O)OCC(C)(C)CO2)=C(C)N1.CCO. The van der Waals surface area contributed by atoms with Gasteiger partial charge in [0.05, 0.1) is 41.5 Å². The Labute approximate surface area is 281 Å². The zero-order valence-corrected chi connectivity index (χ0v) is 28.9. The highest BCUT2D eigenvalue weighted by molar-refractivity contribution is 7.58. The number of carbonyl (C=O) groups is 1. The fraction of sp³-hybridized carbons (Fsp3) is 0.361. The number of non-ortho nitro benzene ring substituents is 1. The van der Waals surface area contributed by atoms with Crippen LogP contribution in [0.1, 0.15) is 51.7 Å².